The summed E-state index contributed by atoms with van der Waals surface area (Å²) in [6.45, 7) is 6.05. The molecule has 1 aliphatic heterocycles. The molecule has 6 nitrogen and oxygen atoms in total. The van der Waals surface area contributed by atoms with Crippen molar-refractivity contribution >= 4 is 0 Å². The van der Waals surface area contributed by atoms with E-state index in [2.05, 4.69) is 31.6 Å². The highest BCUT2D eigenvalue weighted by Gasteiger charge is 2.26. The Kier molecular flexibility index (Phi) is 5.47. The van der Waals surface area contributed by atoms with Crippen LogP contribution >= 0.6 is 0 Å². The van der Waals surface area contributed by atoms with Gasteiger partial charge in [0.2, 0.25) is 0 Å². The number of halogens is 2. The van der Waals surface area contributed by atoms with E-state index in [9.17, 15) is 8.78 Å². The van der Waals surface area contributed by atoms with Gasteiger partial charge in [0.05, 0.1) is 12.9 Å². The number of likely N-dealkylation sites (tertiary alicyclic amines) is 1. The third-order valence-corrected chi connectivity index (χ3v) is 5.40. The second-order valence-electron chi connectivity index (χ2n) is 7.25. The van der Waals surface area contributed by atoms with E-state index in [1.165, 1.54) is 12.1 Å². The van der Waals surface area contributed by atoms with Gasteiger partial charge in [0.15, 0.2) is 17.5 Å². The molecule has 148 valence electrons. The lowest BCUT2D eigenvalue weighted by Gasteiger charge is -2.31. The van der Waals surface area contributed by atoms with Crippen LogP contribution in [0.5, 0.6) is 0 Å². The van der Waals surface area contributed by atoms with Crippen molar-refractivity contribution in [1.29, 1.82) is 0 Å². The molecule has 0 atom stereocenters. The molecule has 28 heavy (non-hydrogen) atoms. The van der Waals surface area contributed by atoms with E-state index >= 15 is 0 Å². The number of benzene rings is 1. The average molecular weight is 386 g/mol. The van der Waals surface area contributed by atoms with Gasteiger partial charge in [-0.3, -0.25) is 4.90 Å². The molecule has 0 N–H and O–H groups in total. The maximum absolute atomic E-state index is 13.4. The predicted molar refractivity (Wildman–Crippen MR) is 101 cm³/mol. The Hall–Kier alpha value is -2.61. The van der Waals surface area contributed by atoms with Gasteiger partial charge in [0.25, 0.3) is 0 Å². The van der Waals surface area contributed by atoms with Gasteiger partial charge in [0, 0.05) is 31.4 Å². The van der Waals surface area contributed by atoms with Gasteiger partial charge in [-0.1, -0.05) is 6.07 Å². The highest BCUT2D eigenvalue weighted by molar-refractivity contribution is 5.18. The second-order valence-corrected chi connectivity index (χ2v) is 7.25. The fraction of sp³-hybridized carbons (Fsp3) is 0.450. The zero-order valence-corrected chi connectivity index (χ0v) is 15.9. The predicted octanol–water partition coefficient (Wildman–Crippen LogP) is 3.20. The maximum Gasteiger partial charge on any atom is 0.159 e. The molecule has 0 amide bonds. The lowest BCUT2D eigenvalue weighted by molar-refractivity contribution is 0.199. The molecular formula is C20H24F2N6. The highest BCUT2D eigenvalue weighted by Crippen LogP contribution is 2.28. The van der Waals surface area contributed by atoms with E-state index < -0.39 is 11.6 Å². The molecule has 0 radical (unpaired) electrons. The SMILES string of the molecule is CCn1c(Cn2ccnc2)nnc1C1CCN(Cc2ccc(F)c(F)c2)CC1. The van der Waals surface area contributed by atoms with Crippen molar-refractivity contribution in [2.24, 2.45) is 0 Å². The Labute approximate surface area is 162 Å². The van der Waals surface area contributed by atoms with Gasteiger partial charge in [-0.05, 0) is 50.6 Å². The summed E-state index contributed by atoms with van der Waals surface area (Å²) in [5.41, 5.74) is 0.802. The monoisotopic (exact) mass is 386 g/mol. The topological polar surface area (TPSA) is 51.8 Å². The molecule has 8 heteroatoms. The number of aromatic nitrogens is 5. The van der Waals surface area contributed by atoms with Crippen LogP contribution in [0, 0.1) is 11.6 Å². The third kappa shape index (κ3) is 3.96. The molecule has 1 saturated heterocycles. The van der Waals surface area contributed by atoms with Crippen molar-refractivity contribution < 1.29 is 8.78 Å². The fourth-order valence-electron chi connectivity index (χ4n) is 3.90. The summed E-state index contributed by atoms with van der Waals surface area (Å²) in [6, 6.07) is 4.14. The molecule has 1 fully saturated rings. The van der Waals surface area contributed by atoms with E-state index in [1.807, 2.05) is 10.8 Å². The molecule has 3 heterocycles. The normalized spacial score (nSPS) is 16.0. The zero-order valence-electron chi connectivity index (χ0n) is 15.9. The smallest absolute Gasteiger partial charge is 0.159 e. The van der Waals surface area contributed by atoms with Crippen LogP contribution in [0.1, 0.15) is 42.9 Å². The number of piperidine rings is 1. The van der Waals surface area contributed by atoms with E-state index in [0.29, 0.717) is 19.0 Å². The maximum atomic E-state index is 13.4. The van der Waals surface area contributed by atoms with Gasteiger partial charge in [-0.15, -0.1) is 10.2 Å². The van der Waals surface area contributed by atoms with Crippen LogP contribution in [0.4, 0.5) is 8.78 Å². The first kappa shape index (κ1) is 18.7. The van der Waals surface area contributed by atoms with Gasteiger partial charge in [0.1, 0.15) is 5.82 Å². The first-order chi connectivity index (χ1) is 13.6. The van der Waals surface area contributed by atoms with Crippen molar-refractivity contribution in [1.82, 2.24) is 29.2 Å². The summed E-state index contributed by atoms with van der Waals surface area (Å²) in [7, 11) is 0. The van der Waals surface area contributed by atoms with Gasteiger partial charge in [-0.25, -0.2) is 13.8 Å². The second kappa shape index (κ2) is 8.18. The quantitative estimate of drug-likeness (QED) is 0.653. The van der Waals surface area contributed by atoms with Crippen LogP contribution in [0.2, 0.25) is 0 Å². The van der Waals surface area contributed by atoms with E-state index in [-0.39, 0.29) is 0 Å². The van der Waals surface area contributed by atoms with Crippen LogP contribution in [-0.4, -0.2) is 42.3 Å². The van der Waals surface area contributed by atoms with Crippen LogP contribution in [0.25, 0.3) is 0 Å². The van der Waals surface area contributed by atoms with Crippen LogP contribution in [0.3, 0.4) is 0 Å². The van der Waals surface area contributed by atoms with Crippen LogP contribution < -0.4 is 0 Å². The van der Waals surface area contributed by atoms with Gasteiger partial charge >= 0.3 is 0 Å². The minimum atomic E-state index is -0.798. The molecular weight excluding hydrogens is 362 g/mol. The first-order valence-corrected chi connectivity index (χ1v) is 9.68. The molecule has 3 aromatic rings. The minimum Gasteiger partial charge on any atom is -0.330 e. The van der Waals surface area contributed by atoms with E-state index in [1.54, 1.807) is 18.6 Å². The molecule has 0 aliphatic carbocycles. The molecule has 4 rings (SSSR count). The molecule has 1 aliphatic rings. The number of hydrogen-bond donors (Lipinski definition) is 0. The lowest BCUT2D eigenvalue weighted by atomic mass is 9.95. The molecule has 0 unspecified atom stereocenters. The van der Waals surface area contributed by atoms with Crippen molar-refractivity contribution in [2.75, 3.05) is 13.1 Å². The first-order valence-electron chi connectivity index (χ1n) is 9.68. The largest absolute Gasteiger partial charge is 0.330 e. The summed E-state index contributed by atoms with van der Waals surface area (Å²) in [4.78, 5) is 6.36. The summed E-state index contributed by atoms with van der Waals surface area (Å²) in [5, 5.41) is 8.91. The van der Waals surface area contributed by atoms with Crippen molar-refractivity contribution in [3.63, 3.8) is 0 Å². The lowest BCUT2D eigenvalue weighted by Crippen LogP contribution is -2.33. The van der Waals surface area contributed by atoms with Crippen LogP contribution in [0.15, 0.2) is 36.9 Å². The Morgan fingerprint density at radius 1 is 1.07 bits per heavy atom. The number of imidazole rings is 1. The van der Waals surface area contributed by atoms with Crippen molar-refractivity contribution in [3.8, 4) is 0 Å². The van der Waals surface area contributed by atoms with Gasteiger partial charge < -0.3 is 9.13 Å². The molecule has 0 bridgehead atoms. The highest BCUT2D eigenvalue weighted by atomic mass is 19.2. The molecule has 0 saturated carbocycles. The van der Waals surface area contributed by atoms with E-state index in [0.717, 1.165) is 49.7 Å². The summed E-state index contributed by atoms with van der Waals surface area (Å²) < 4.78 is 30.7. The Morgan fingerprint density at radius 2 is 1.89 bits per heavy atom. The fourth-order valence-corrected chi connectivity index (χ4v) is 3.90. The van der Waals surface area contributed by atoms with Crippen molar-refractivity contribution in [2.45, 2.75) is 45.3 Å². The van der Waals surface area contributed by atoms with Crippen LogP contribution in [-0.2, 0) is 19.6 Å². The molecule has 2 aromatic heterocycles. The number of hydrogen-bond acceptors (Lipinski definition) is 4. The van der Waals surface area contributed by atoms with E-state index in [4.69, 9.17) is 0 Å². The number of rotatable bonds is 6. The Balaban J connectivity index is 1.39. The average Bonchev–Trinajstić information content (AvgIpc) is 3.35. The molecule has 0 spiro atoms. The third-order valence-electron chi connectivity index (χ3n) is 5.40. The zero-order chi connectivity index (χ0) is 19.5. The Bertz CT molecular complexity index is 913. The summed E-state index contributed by atoms with van der Waals surface area (Å²) in [5.74, 6) is 0.775. The Morgan fingerprint density at radius 3 is 2.57 bits per heavy atom. The minimum absolute atomic E-state index is 0.366. The standard InChI is InChI=1S/C20H24F2N6/c1-2-28-19(13-27-10-7-23-14-27)24-25-20(28)16-5-8-26(9-6-16)12-15-3-4-17(21)18(22)11-15/h3-4,7,10-11,14,16H,2,5-6,8-9,12-13H2,1H3. The summed E-state index contributed by atoms with van der Waals surface area (Å²) >= 11 is 0. The van der Waals surface area contributed by atoms with Gasteiger partial charge in [-0.2, -0.15) is 0 Å². The summed E-state index contributed by atoms with van der Waals surface area (Å²) in [6.07, 6.45) is 7.42. The number of nitrogens with zero attached hydrogens (tertiary/aromatic N) is 6. The van der Waals surface area contributed by atoms with Crippen molar-refractivity contribution in [3.05, 3.63) is 65.8 Å². The molecule has 1 aromatic carbocycles.